The molecule has 0 fully saturated rings. The van der Waals surface area contributed by atoms with Crippen molar-refractivity contribution in [2.45, 2.75) is 4.90 Å². The van der Waals surface area contributed by atoms with Crippen LogP contribution in [0.4, 0.5) is 0 Å². The first-order chi connectivity index (χ1) is 4.11. The largest absolute Gasteiger partial charge is 0.284 e. The third-order valence-electron chi connectivity index (χ3n) is 0.755. The zero-order valence-corrected chi connectivity index (χ0v) is 5.78. The van der Waals surface area contributed by atoms with Gasteiger partial charge in [0.05, 0.1) is 6.20 Å². The number of nitrogens with one attached hydrogen (secondary N) is 1. The molecule has 1 heterocycles. The standard InChI is InChI=1S/C3H3ClN2O2S/c4-9(7,8)3-1-5-6-2-3/h1-2H,(H,5,6). The fourth-order valence-corrected chi connectivity index (χ4v) is 0.998. The number of aromatic nitrogens is 2. The van der Waals surface area contributed by atoms with Gasteiger partial charge in [-0.05, 0) is 0 Å². The Hall–Kier alpha value is -0.550. The van der Waals surface area contributed by atoms with Crippen molar-refractivity contribution in [2.24, 2.45) is 0 Å². The number of aromatic amines is 1. The summed E-state index contributed by atoms with van der Waals surface area (Å²) in [4.78, 5) is -0.0100. The van der Waals surface area contributed by atoms with Gasteiger partial charge in [-0.3, -0.25) is 5.10 Å². The van der Waals surface area contributed by atoms with Crippen molar-refractivity contribution in [1.82, 2.24) is 10.2 Å². The highest BCUT2D eigenvalue weighted by atomic mass is 35.7. The molecular weight excluding hydrogens is 164 g/mol. The van der Waals surface area contributed by atoms with E-state index in [4.69, 9.17) is 10.7 Å². The minimum absolute atomic E-state index is 0.0100. The molecule has 0 saturated heterocycles. The minimum Gasteiger partial charge on any atom is -0.284 e. The lowest BCUT2D eigenvalue weighted by atomic mass is 10.7. The quantitative estimate of drug-likeness (QED) is 0.612. The summed E-state index contributed by atoms with van der Waals surface area (Å²) < 4.78 is 20.8. The number of rotatable bonds is 1. The van der Waals surface area contributed by atoms with Crippen LogP contribution in [0.3, 0.4) is 0 Å². The van der Waals surface area contributed by atoms with Gasteiger partial charge in [0.15, 0.2) is 0 Å². The van der Waals surface area contributed by atoms with Crippen LogP contribution in [0.5, 0.6) is 0 Å². The van der Waals surface area contributed by atoms with Gasteiger partial charge in [0.1, 0.15) is 4.90 Å². The van der Waals surface area contributed by atoms with Crippen LogP contribution in [0.25, 0.3) is 0 Å². The Morgan fingerprint density at radius 1 is 1.67 bits per heavy atom. The second-order valence-electron chi connectivity index (χ2n) is 1.37. The molecule has 4 nitrogen and oxygen atoms in total. The highest BCUT2D eigenvalue weighted by Crippen LogP contribution is 2.10. The number of nitrogens with zero attached hydrogens (tertiary/aromatic N) is 1. The Morgan fingerprint density at radius 2 is 2.33 bits per heavy atom. The van der Waals surface area contributed by atoms with Gasteiger partial charge in [-0.1, -0.05) is 0 Å². The van der Waals surface area contributed by atoms with Gasteiger partial charge in [-0.15, -0.1) is 0 Å². The van der Waals surface area contributed by atoms with E-state index in [1.54, 1.807) is 0 Å². The van der Waals surface area contributed by atoms with E-state index in [1.165, 1.54) is 6.20 Å². The third kappa shape index (κ3) is 1.43. The zero-order valence-electron chi connectivity index (χ0n) is 4.20. The highest BCUT2D eigenvalue weighted by molar-refractivity contribution is 8.13. The zero-order chi connectivity index (χ0) is 6.91. The third-order valence-corrected chi connectivity index (χ3v) is 2.08. The molecule has 6 heteroatoms. The first kappa shape index (κ1) is 6.57. The predicted molar refractivity (Wildman–Crippen MR) is 31.6 cm³/mol. The van der Waals surface area contributed by atoms with E-state index in [0.29, 0.717) is 0 Å². The number of H-pyrrole nitrogens is 1. The second kappa shape index (κ2) is 2.00. The van der Waals surface area contributed by atoms with Crippen molar-refractivity contribution in [3.8, 4) is 0 Å². The second-order valence-corrected chi connectivity index (χ2v) is 3.94. The predicted octanol–water partition coefficient (Wildman–Crippen LogP) is 0.337. The van der Waals surface area contributed by atoms with Crippen molar-refractivity contribution in [2.75, 3.05) is 0 Å². The molecular formula is C3H3ClN2O2S. The van der Waals surface area contributed by atoms with Crippen LogP contribution >= 0.6 is 10.7 Å². The van der Waals surface area contributed by atoms with E-state index >= 15 is 0 Å². The summed E-state index contributed by atoms with van der Waals surface area (Å²) in [7, 11) is 1.33. The molecule has 1 rings (SSSR count). The van der Waals surface area contributed by atoms with E-state index < -0.39 is 9.05 Å². The average molecular weight is 167 g/mol. The molecule has 0 aliphatic carbocycles. The van der Waals surface area contributed by atoms with E-state index in [2.05, 4.69) is 10.2 Å². The Kier molecular flexibility index (Phi) is 1.46. The summed E-state index contributed by atoms with van der Waals surface area (Å²) in [5.74, 6) is 0. The summed E-state index contributed by atoms with van der Waals surface area (Å²) in [6, 6.07) is 0. The molecule has 1 N–H and O–H groups in total. The maximum absolute atomic E-state index is 10.4. The molecule has 0 aromatic carbocycles. The highest BCUT2D eigenvalue weighted by Gasteiger charge is 2.09. The van der Waals surface area contributed by atoms with Crippen molar-refractivity contribution in [3.05, 3.63) is 12.4 Å². The molecule has 1 aromatic rings. The molecule has 0 spiro atoms. The molecule has 0 unspecified atom stereocenters. The van der Waals surface area contributed by atoms with Crippen LogP contribution in [0.1, 0.15) is 0 Å². The first-order valence-electron chi connectivity index (χ1n) is 2.04. The molecule has 0 bridgehead atoms. The summed E-state index contributed by atoms with van der Waals surface area (Å²) in [5, 5.41) is 5.72. The summed E-state index contributed by atoms with van der Waals surface area (Å²) >= 11 is 0. The van der Waals surface area contributed by atoms with Gasteiger partial charge >= 0.3 is 0 Å². The molecule has 0 aliphatic rings. The Labute approximate surface area is 56.3 Å². The number of hydrogen-bond donors (Lipinski definition) is 1. The monoisotopic (exact) mass is 166 g/mol. The smallest absolute Gasteiger partial charge is 0.264 e. The Bertz CT molecular complexity index is 277. The lowest BCUT2D eigenvalue weighted by molar-refractivity contribution is 0.609. The van der Waals surface area contributed by atoms with Crippen LogP contribution in [0, 0.1) is 0 Å². The fraction of sp³-hybridized carbons (Fsp3) is 0. The van der Waals surface area contributed by atoms with Crippen LogP contribution < -0.4 is 0 Å². The van der Waals surface area contributed by atoms with Crippen molar-refractivity contribution < 1.29 is 8.42 Å². The van der Waals surface area contributed by atoms with Gasteiger partial charge in [-0.2, -0.15) is 5.10 Å². The van der Waals surface area contributed by atoms with Crippen LogP contribution in [0.2, 0.25) is 0 Å². The van der Waals surface area contributed by atoms with Crippen molar-refractivity contribution >= 4 is 19.7 Å². The van der Waals surface area contributed by atoms with E-state index in [1.807, 2.05) is 0 Å². The topological polar surface area (TPSA) is 62.8 Å². The van der Waals surface area contributed by atoms with Gasteiger partial charge in [0.2, 0.25) is 0 Å². The lowest BCUT2D eigenvalue weighted by Gasteiger charge is -1.81. The molecule has 0 aliphatic heterocycles. The van der Waals surface area contributed by atoms with Crippen LogP contribution in [-0.2, 0) is 9.05 Å². The Morgan fingerprint density at radius 3 is 2.56 bits per heavy atom. The summed E-state index contributed by atoms with van der Waals surface area (Å²) in [6.07, 6.45) is 2.35. The van der Waals surface area contributed by atoms with Gasteiger partial charge < -0.3 is 0 Å². The van der Waals surface area contributed by atoms with Crippen LogP contribution in [-0.4, -0.2) is 18.6 Å². The van der Waals surface area contributed by atoms with E-state index in [9.17, 15) is 8.42 Å². The first-order valence-corrected chi connectivity index (χ1v) is 4.35. The maximum atomic E-state index is 10.4. The lowest BCUT2D eigenvalue weighted by Crippen LogP contribution is -1.85. The molecule has 0 radical (unpaired) electrons. The summed E-state index contributed by atoms with van der Waals surface area (Å²) in [6.45, 7) is 0. The number of hydrogen-bond acceptors (Lipinski definition) is 3. The summed E-state index contributed by atoms with van der Waals surface area (Å²) in [5.41, 5.74) is 0. The number of halogens is 1. The minimum atomic E-state index is -3.58. The molecule has 50 valence electrons. The SMILES string of the molecule is O=S(=O)(Cl)c1cn[nH]c1. The molecule has 1 aromatic heterocycles. The van der Waals surface area contributed by atoms with Gasteiger partial charge in [0, 0.05) is 16.9 Å². The molecule has 9 heavy (non-hydrogen) atoms. The molecule has 0 atom stereocenters. The van der Waals surface area contributed by atoms with Gasteiger partial charge in [-0.25, -0.2) is 8.42 Å². The molecule has 0 saturated carbocycles. The van der Waals surface area contributed by atoms with E-state index in [0.717, 1.165) is 6.20 Å². The van der Waals surface area contributed by atoms with Crippen molar-refractivity contribution in [1.29, 1.82) is 0 Å². The van der Waals surface area contributed by atoms with Gasteiger partial charge in [0.25, 0.3) is 9.05 Å². The van der Waals surface area contributed by atoms with E-state index in [-0.39, 0.29) is 4.90 Å². The maximum Gasteiger partial charge on any atom is 0.264 e. The van der Waals surface area contributed by atoms with Crippen molar-refractivity contribution in [3.63, 3.8) is 0 Å². The normalized spacial score (nSPS) is 11.7. The van der Waals surface area contributed by atoms with Crippen LogP contribution in [0.15, 0.2) is 17.3 Å². The fourth-order valence-electron chi connectivity index (χ4n) is 0.372. The molecule has 0 amide bonds. The Balaban J connectivity index is 3.20. The average Bonchev–Trinajstić information content (AvgIpc) is 2.08.